The van der Waals surface area contributed by atoms with E-state index < -0.39 is 0 Å². The maximum Gasteiger partial charge on any atom is 0.202 e. The average molecular weight is 155 g/mol. The van der Waals surface area contributed by atoms with E-state index in [4.69, 9.17) is 0 Å². The van der Waals surface area contributed by atoms with Crippen LogP contribution in [-0.2, 0) is 4.79 Å². The number of hydrogen-bond donors (Lipinski definition) is 0. The Morgan fingerprint density at radius 3 is 1.18 bits per heavy atom. The summed E-state index contributed by atoms with van der Waals surface area (Å²) in [6.07, 6.45) is 2.13. The smallest absolute Gasteiger partial charge is 0.202 e. The number of hydrogen-bond acceptors (Lipinski definition) is 1. The Morgan fingerprint density at radius 2 is 1.18 bits per heavy atom. The third kappa shape index (κ3) is 3.04. The second kappa shape index (κ2) is 2.96. The van der Waals surface area contributed by atoms with Gasteiger partial charge in [0.15, 0.2) is 0 Å². The highest BCUT2D eigenvalue weighted by Crippen LogP contribution is 2.37. The fourth-order valence-corrected chi connectivity index (χ4v) is 1.65. The number of rotatable bonds is 1. The van der Waals surface area contributed by atoms with Crippen LogP contribution in [0.1, 0.15) is 41.5 Å². The lowest BCUT2D eigenvalue weighted by Gasteiger charge is -2.35. The Kier molecular flexibility index (Phi) is 2.87. The molecular weight excluding hydrogens is 136 g/mol. The fraction of sp³-hybridized carbons (Fsp3) is 0.900. The lowest BCUT2D eigenvalue weighted by molar-refractivity contribution is 0.162. The molecule has 0 bridgehead atoms. The van der Waals surface area contributed by atoms with Crippen molar-refractivity contribution >= 4 is 6.29 Å². The third-order valence-corrected chi connectivity index (χ3v) is 1.85. The summed E-state index contributed by atoms with van der Waals surface area (Å²) in [6, 6.07) is 0. The molecule has 65 valence electrons. The van der Waals surface area contributed by atoms with Gasteiger partial charge in [0.1, 0.15) is 0 Å². The SMILES string of the molecule is CC(C)(C)C([C]=O)C(C)(C)C. The van der Waals surface area contributed by atoms with Crippen LogP contribution in [0, 0.1) is 16.7 Å². The van der Waals surface area contributed by atoms with E-state index in [1.165, 1.54) is 0 Å². The molecule has 1 heteroatoms. The molecule has 11 heavy (non-hydrogen) atoms. The van der Waals surface area contributed by atoms with Gasteiger partial charge in [-0.1, -0.05) is 41.5 Å². The fourth-order valence-electron chi connectivity index (χ4n) is 1.65. The van der Waals surface area contributed by atoms with E-state index in [2.05, 4.69) is 47.8 Å². The maximum atomic E-state index is 10.7. The van der Waals surface area contributed by atoms with E-state index >= 15 is 0 Å². The van der Waals surface area contributed by atoms with Crippen molar-refractivity contribution < 1.29 is 4.79 Å². The van der Waals surface area contributed by atoms with Crippen molar-refractivity contribution in [1.29, 1.82) is 0 Å². The van der Waals surface area contributed by atoms with Gasteiger partial charge in [0.25, 0.3) is 0 Å². The van der Waals surface area contributed by atoms with E-state index in [1.807, 2.05) is 0 Å². The second-order valence-corrected chi connectivity index (χ2v) is 5.28. The molecule has 0 spiro atoms. The van der Waals surface area contributed by atoms with Gasteiger partial charge in [0, 0.05) is 5.92 Å². The molecule has 0 aromatic carbocycles. The minimum atomic E-state index is 0.00926. The van der Waals surface area contributed by atoms with Gasteiger partial charge in [0.05, 0.1) is 0 Å². The van der Waals surface area contributed by atoms with Gasteiger partial charge in [-0.15, -0.1) is 0 Å². The van der Waals surface area contributed by atoms with E-state index in [0.29, 0.717) is 0 Å². The normalized spacial score (nSPS) is 13.7. The molecule has 0 aromatic heterocycles. The standard InChI is InChI=1S/C10H19O/c1-9(2,3)8(7-11)10(4,5)6/h8H,1-6H3. The van der Waals surface area contributed by atoms with Gasteiger partial charge in [-0.2, -0.15) is 0 Å². The highest BCUT2D eigenvalue weighted by Gasteiger charge is 2.34. The van der Waals surface area contributed by atoms with E-state index in [-0.39, 0.29) is 16.7 Å². The van der Waals surface area contributed by atoms with Crippen LogP contribution < -0.4 is 0 Å². The Bertz CT molecular complexity index is 120. The van der Waals surface area contributed by atoms with Crippen molar-refractivity contribution in [1.82, 2.24) is 0 Å². The Hall–Kier alpha value is -0.330. The van der Waals surface area contributed by atoms with Gasteiger partial charge in [-0.3, -0.25) is 4.79 Å². The van der Waals surface area contributed by atoms with Crippen molar-refractivity contribution in [3.63, 3.8) is 0 Å². The molecule has 0 atom stereocenters. The quantitative estimate of drug-likeness (QED) is 0.569. The van der Waals surface area contributed by atoms with Gasteiger partial charge in [-0.05, 0) is 10.8 Å². The molecule has 0 rings (SSSR count). The number of carbonyl (C=O) groups excluding carboxylic acids is 1. The summed E-state index contributed by atoms with van der Waals surface area (Å²) in [6.45, 7) is 12.5. The largest absolute Gasteiger partial charge is 0.291 e. The molecule has 0 aliphatic carbocycles. The van der Waals surface area contributed by atoms with Gasteiger partial charge >= 0.3 is 0 Å². The molecule has 0 saturated heterocycles. The van der Waals surface area contributed by atoms with Crippen LogP contribution in [0.25, 0.3) is 0 Å². The summed E-state index contributed by atoms with van der Waals surface area (Å²) in [5, 5.41) is 0. The zero-order valence-electron chi connectivity index (χ0n) is 8.49. The highest BCUT2D eigenvalue weighted by atomic mass is 16.1. The van der Waals surface area contributed by atoms with Crippen LogP contribution in [-0.4, -0.2) is 6.29 Å². The van der Waals surface area contributed by atoms with Crippen LogP contribution in [0.3, 0.4) is 0 Å². The van der Waals surface area contributed by atoms with Crippen molar-refractivity contribution in [3.8, 4) is 0 Å². The van der Waals surface area contributed by atoms with Crippen molar-refractivity contribution in [3.05, 3.63) is 0 Å². The van der Waals surface area contributed by atoms with Crippen LogP contribution >= 0.6 is 0 Å². The molecule has 0 heterocycles. The molecule has 0 aliphatic rings. The van der Waals surface area contributed by atoms with Crippen LogP contribution in [0.4, 0.5) is 0 Å². The molecule has 0 unspecified atom stereocenters. The Morgan fingerprint density at radius 1 is 0.909 bits per heavy atom. The van der Waals surface area contributed by atoms with E-state index in [9.17, 15) is 4.79 Å². The first-order valence-corrected chi connectivity index (χ1v) is 4.07. The summed E-state index contributed by atoms with van der Waals surface area (Å²) in [4.78, 5) is 10.7. The predicted molar refractivity (Wildman–Crippen MR) is 48.1 cm³/mol. The first-order valence-electron chi connectivity index (χ1n) is 4.07. The summed E-state index contributed by atoms with van der Waals surface area (Å²) in [7, 11) is 0. The first kappa shape index (κ1) is 10.7. The topological polar surface area (TPSA) is 17.1 Å². The van der Waals surface area contributed by atoms with Gasteiger partial charge in [-0.25, -0.2) is 0 Å². The molecular formula is C10H19O. The Labute approximate surface area is 70.2 Å². The second-order valence-electron chi connectivity index (χ2n) is 5.28. The summed E-state index contributed by atoms with van der Waals surface area (Å²) < 4.78 is 0. The van der Waals surface area contributed by atoms with E-state index in [0.717, 1.165) is 0 Å². The average Bonchev–Trinajstić information content (AvgIpc) is 1.56. The predicted octanol–water partition coefficient (Wildman–Crippen LogP) is 2.80. The molecule has 0 amide bonds. The monoisotopic (exact) mass is 155 g/mol. The molecule has 0 aromatic rings. The lowest BCUT2D eigenvalue weighted by Crippen LogP contribution is -2.33. The minimum Gasteiger partial charge on any atom is -0.291 e. The first-order chi connectivity index (χ1) is 4.69. The van der Waals surface area contributed by atoms with Crippen LogP contribution in [0.5, 0.6) is 0 Å². The molecule has 0 N–H and O–H groups in total. The highest BCUT2D eigenvalue weighted by molar-refractivity contribution is 5.57. The van der Waals surface area contributed by atoms with Crippen molar-refractivity contribution in [2.75, 3.05) is 0 Å². The summed E-state index contributed by atoms with van der Waals surface area (Å²) in [5.41, 5.74) is 0.0556. The zero-order valence-corrected chi connectivity index (χ0v) is 8.49. The minimum absolute atomic E-state index is 0.00926. The van der Waals surface area contributed by atoms with Gasteiger partial charge < -0.3 is 0 Å². The van der Waals surface area contributed by atoms with Crippen LogP contribution in [0.15, 0.2) is 0 Å². The molecule has 0 fully saturated rings. The molecule has 1 radical (unpaired) electrons. The third-order valence-electron chi connectivity index (χ3n) is 1.85. The van der Waals surface area contributed by atoms with Crippen molar-refractivity contribution in [2.24, 2.45) is 16.7 Å². The lowest BCUT2D eigenvalue weighted by atomic mass is 9.67. The zero-order chi connectivity index (χ0) is 9.28. The maximum absolute atomic E-state index is 10.7. The van der Waals surface area contributed by atoms with Gasteiger partial charge in [0.2, 0.25) is 6.29 Å². The summed E-state index contributed by atoms with van der Waals surface area (Å²) in [5.74, 6) is 0.00926. The van der Waals surface area contributed by atoms with Crippen LogP contribution in [0.2, 0.25) is 0 Å². The van der Waals surface area contributed by atoms with E-state index in [1.54, 1.807) is 0 Å². The van der Waals surface area contributed by atoms with Crippen molar-refractivity contribution in [2.45, 2.75) is 41.5 Å². The molecule has 0 saturated carbocycles. The summed E-state index contributed by atoms with van der Waals surface area (Å²) >= 11 is 0. The molecule has 0 aliphatic heterocycles. The Balaban J connectivity index is 4.56. The molecule has 1 nitrogen and oxygen atoms in total.